The largest absolute Gasteiger partial charge is 0.461 e. The maximum Gasteiger partial charge on any atom is 0.346 e. The van der Waals surface area contributed by atoms with Gasteiger partial charge in [0, 0.05) is 55.5 Å². The molecular weight excluding hydrogens is 705 g/mol. The van der Waals surface area contributed by atoms with Gasteiger partial charge in [-0.15, -0.1) is 11.3 Å². The van der Waals surface area contributed by atoms with E-state index in [1.165, 1.54) is 29.5 Å². The minimum Gasteiger partial charge on any atom is -0.461 e. The number of hydrogen-bond donors (Lipinski definition) is 1. The number of ether oxygens (including phenoxy) is 1. The number of hydrogen-bond acceptors (Lipinski definition) is 11. The van der Waals surface area contributed by atoms with Gasteiger partial charge in [-0.2, -0.15) is 25.0 Å². The topological polar surface area (TPSA) is 142 Å². The molecule has 51 heavy (non-hydrogen) atoms. The van der Waals surface area contributed by atoms with Crippen molar-refractivity contribution in [3.63, 3.8) is 0 Å². The second-order valence-corrected chi connectivity index (χ2v) is 14.8. The number of alkyl halides is 1. The normalized spacial score (nSPS) is 21.0. The molecule has 8 rings (SSSR count). The molecular formula is C34H32ClF3N10O2S. The first-order valence-electron chi connectivity index (χ1n) is 16.6. The standard InChI is InChI=1S/C34H32ClF3N10O2S/c1-45(33(49)48-17-41-16-42-48)19-5-9-46(10-6-19)31-21-11-23(35)26(20-3-4-24(37)29-25(20)22(13-39)30(40)51-29)27(38)28(21)43-32(44-31)50-15-34-7-2-8-47(34)14-18(36)12-34/h3-4,11,16-19H,2,5-10,12,14-15,40H2,1H3/t18-,34?/m1/s1. The number of nitrogens with two attached hydrogens (primary N) is 1. The molecule has 3 fully saturated rings. The Labute approximate surface area is 299 Å². The zero-order chi connectivity index (χ0) is 35.6. The maximum atomic E-state index is 17.0. The van der Waals surface area contributed by atoms with Gasteiger partial charge in [-0.25, -0.2) is 22.9 Å². The Kier molecular flexibility index (Phi) is 8.39. The predicted octanol–water partition coefficient (Wildman–Crippen LogP) is 6.01. The number of piperidine rings is 1. The highest BCUT2D eigenvalue weighted by atomic mass is 35.5. The summed E-state index contributed by atoms with van der Waals surface area (Å²) in [5.74, 6) is -1.00. The Morgan fingerprint density at radius 2 is 2.06 bits per heavy atom. The number of halogens is 4. The Bertz CT molecular complexity index is 2220. The van der Waals surface area contributed by atoms with Crippen molar-refractivity contribution in [2.45, 2.75) is 49.9 Å². The van der Waals surface area contributed by atoms with Crippen molar-refractivity contribution in [1.82, 2.24) is 34.5 Å². The second kappa shape index (κ2) is 12.8. The molecule has 0 saturated carbocycles. The average molecular weight is 737 g/mol. The Balaban J connectivity index is 1.20. The average Bonchev–Trinajstić information content (AvgIpc) is 3.92. The molecule has 1 unspecified atom stereocenters. The lowest BCUT2D eigenvalue weighted by atomic mass is 9.95. The number of carbonyl (C=O) groups excluding carboxylic acids is 1. The van der Waals surface area contributed by atoms with E-state index in [0.29, 0.717) is 50.1 Å². The molecule has 0 bridgehead atoms. The SMILES string of the molecule is CN(C(=O)n1cncn1)C1CCN(c2nc(OCC34CCCN3C[C@H](F)C4)nc3c(F)c(-c4ccc(F)c5sc(N)c(C#N)c45)c(Cl)cc23)CC1. The highest BCUT2D eigenvalue weighted by molar-refractivity contribution is 7.23. The van der Waals surface area contributed by atoms with Gasteiger partial charge >= 0.3 is 12.0 Å². The first kappa shape index (κ1) is 33.4. The Morgan fingerprint density at radius 3 is 2.80 bits per heavy atom. The lowest BCUT2D eigenvalue weighted by Crippen LogP contribution is -2.47. The van der Waals surface area contributed by atoms with Crippen LogP contribution < -0.4 is 15.4 Å². The van der Waals surface area contributed by atoms with E-state index in [2.05, 4.69) is 20.0 Å². The number of nitrogens with zero attached hydrogens (tertiary/aromatic N) is 9. The zero-order valence-electron chi connectivity index (χ0n) is 27.5. The van der Waals surface area contributed by atoms with Crippen LogP contribution in [0.4, 0.5) is 28.8 Å². The number of fused-ring (bicyclic) bond motifs is 3. The molecule has 2 aromatic carbocycles. The summed E-state index contributed by atoms with van der Waals surface area (Å²) < 4.78 is 54.0. The molecule has 3 aliphatic rings. The van der Waals surface area contributed by atoms with Crippen LogP contribution in [-0.2, 0) is 0 Å². The number of carbonyl (C=O) groups is 1. The van der Waals surface area contributed by atoms with Gasteiger partial charge in [0.05, 0.1) is 20.8 Å². The molecule has 6 heterocycles. The number of thiophene rings is 1. The quantitative estimate of drug-likeness (QED) is 0.220. The first-order valence-corrected chi connectivity index (χ1v) is 17.8. The highest BCUT2D eigenvalue weighted by Gasteiger charge is 2.49. The number of amides is 1. The predicted molar refractivity (Wildman–Crippen MR) is 187 cm³/mol. The fourth-order valence-electron chi connectivity index (χ4n) is 7.96. The van der Waals surface area contributed by atoms with E-state index < -0.39 is 23.3 Å². The van der Waals surface area contributed by atoms with Gasteiger partial charge in [-0.3, -0.25) is 4.90 Å². The van der Waals surface area contributed by atoms with E-state index >= 15 is 4.39 Å². The number of nitriles is 1. The van der Waals surface area contributed by atoms with E-state index in [4.69, 9.17) is 27.1 Å². The van der Waals surface area contributed by atoms with Gasteiger partial charge in [0.2, 0.25) is 0 Å². The molecule has 2 N–H and O–H groups in total. The summed E-state index contributed by atoms with van der Waals surface area (Å²) in [5.41, 5.74) is 5.67. The smallest absolute Gasteiger partial charge is 0.346 e. The summed E-state index contributed by atoms with van der Waals surface area (Å²) >= 11 is 7.76. The van der Waals surface area contributed by atoms with Crippen LogP contribution in [0.15, 0.2) is 30.9 Å². The molecule has 3 aromatic heterocycles. The summed E-state index contributed by atoms with van der Waals surface area (Å²) in [5, 5.41) is 14.4. The Hall–Kier alpha value is -4.72. The number of nitrogen functional groups attached to an aromatic ring is 1. The summed E-state index contributed by atoms with van der Waals surface area (Å²) in [6.45, 7) is 2.18. The number of rotatable bonds is 6. The molecule has 5 aromatic rings. The van der Waals surface area contributed by atoms with Crippen LogP contribution >= 0.6 is 22.9 Å². The van der Waals surface area contributed by atoms with Crippen LogP contribution in [0.25, 0.3) is 32.1 Å². The number of aromatic nitrogens is 5. The molecule has 12 nitrogen and oxygen atoms in total. The van der Waals surface area contributed by atoms with Gasteiger partial charge in [-0.1, -0.05) is 17.7 Å². The second-order valence-electron chi connectivity index (χ2n) is 13.3. The molecule has 2 atom stereocenters. The van der Waals surface area contributed by atoms with E-state index in [-0.39, 0.29) is 67.0 Å². The van der Waals surface area contributed by atoms with Crippen LogP contribution in [-0.4, -0.2) is 98.1 Å². The van der Waals surface area contributed by atoms with Crippen LogP contribution in [0.5, 0.6) is 6.01 Å². The number of anilines is 2. The minimum absolute atomic E-state index is 0.00793. The zero-order valence-corrected chi connectivity index (χ0v) is 29.0. The fourth-order valence-corrected chi connectivity index (χ4v) is 9.20. The summed E-state index contributed by atoms with van der Waals surface area (Å²) in [6.07, 6.45) is 4.86. The van der Waals surface area contributed by atoms with Crippen molar-refractivity contribution in [2.75, 3.05) is 50.5 Å². The molecule has 0 aliphatic carbocycles. The maximum absolute atomic E-state index is 17.0. The third kappa shape index (κ3) is 5.58. The van der Waals surface area contributed by atoms with Gasteiger partial charge in [-0.05, 0) is 49.9 Å². The molecule has 264 valence electrons. The van der Waals surface area contributed by atoms with Gasteiger partial charge in [0.1, 0.15) is 53.7 Å². The van der Waals surface area contributed by atoms with Gasteiger partial charge in [0.25, 0.3) is 0 Å². The molecule has 1 amide bonds. The van der Waals surface area contributed by atoms with Crippen LogP contribution in [0.2, 0.25) is 5.02 Å². The van der Waals surface area contributed by atoms with Crippen molar-refractivity contribution >= 4 is 60.8 Å². The van der Waals surface area contributed by atoms with Crippen LogP contribution in [0, 0.1) is 23.0 Å². The summed E-state index contributed by atoms with van der Waals surface area (Å²) in [4.78, 5) is 31.8. The van der Waals surface area contributed by atoms with E-state index in [1.807, 2.05) is 11.0 Å². The lowest BCUT2D eigenvalue weighted by Gasteiger charge is -2.37. The van der Waals surface area contributed by atoms with Crippen molar-refractivity contribution in [3.05, 3.63) is 53.1 Å². The molecule has 3 saturated heterocycles. The molecule has 3 aliphatic heterocycles. The van der Waals surface area contributed by atoms with Crippen molar-refractivity contribution in [1.29, 1.82) is 5.26 Å². The molecule has 0 radical (unpaired) electrons. The summed E-state index contributed by atoms with van der Waals surface area (Å²) in [7, 11) is 1.72. The number of benzene rings is 2. The monoisotopic (exact) mass is 736 g/mol. The lowest BCUT2D eigenvalue weighted by molar-refractivity contribution is 0.107. The van der Waals surface area contributed by atoms with Crippen LogP contribution in [0.3, 0.4) is 0 Å². The fraction of sp³-hybridized carbons (Fsp3) is 0.412. The highest BCUT2D eigenvalue weighted by Crippen LogP contribution is 2.46. The summed E-state index contributed by atoms with van der Waals surface area (Å²) in [6, 6.07) is 5.67. The molecule has 17 heteroatoms. The van der Waals surface area contributed by atoms with Crippen molar-refractivity contribution < 1.29 is 22.7 Å². The third-order valence-corrected chi connectivity index (χ3v) is 11.8. The van der Waals surface area contributed by atoms with Crippen LogP contribution in [0.1, 0.15) is 37.7 Å². The van der Waals surface area contributed by atoms with E-state index in [0.717, 1.165) is 30.7 Å². The van der Waals surface area contributed by atoms with Crippen molar-refractivity contribution in [2.24, 2.45) is 0 Å². The van der Waals surface area contributed by atoms with Gasteiger partial charge in [0.15, 0.2) is 5.82 Å². The minimum atomic E-state index is -0.961. The van der Waals surface area contributed by atoms with Gasteiger partial charge < -0.3 is 20.3 Å². The first-order chi connectivity index (χ1) is 24.6. The van der Waals surface area contributed by atoms with Crippen molar-refractivity contribution in [3.8, 4) is 23.2 Å². The molecule has 0 spiro atoms. The Morgan fingerprint density at radius 1 is 1.25 bits per heavy atom. The van der Waals surface area contributed by atoms with E-state index in [1.54, 1.807) is 18.0 Å². The third-order valence-electron chi connectivity index (χ3n) is 10.5. The van der Waals surface area contributed by atoms with E-state index in [9.17, 15) is 18.8 Å².